The van der Waals surface area contributed by atoms with E-state index in [-0.39, 0.29) is 18.1 Å². The molecule has 88 valence electrons. The van der Waals surface area contributed by atoms with E-state index in [0.29, 0.717) is 0 Å². The van der Waals surface area contributed by atoms with Crippen LogP contribution in [0.3, 0.4) is 0 Å². The van der Waals surface area contributed by atoms with Crippen molar-refractivity contribution >= 4 is 0 Å². The Bertz CT molecular complexity index is 400. The first-order chi connectivity index (χ1) is 7.60. The van der Waals surface area contributed by atoms with Gasteiger partial charge in [-0.3, -0.25) is 0 Å². The topological polar surface area (TPSA) is 18.5 Å². The third-order valence-electron chi connectivity index (χ3n) is 2.18. The third-order valence-corrected chi connectivity index (χ3v) is 2.18. The van der Waals surface area contributed by atoms with E-state index in [4.69, 9.17) is 4.74 Å². The van der Waals surface area contributed by atoms with E-state index in [1.165, 1.54) is 19.2 Å². The summed E-state index contributed by atoms with van der Waals surface area (Å²) in [4.78, 5) is 0. The largest absolute Gasteiger partial charge is 0.494 e. The van der Waals surface area contributed by atoms with Gasteiger partial charge in [-0.25, -0.2) is 0 Å². The van der Waals surface area contributed by atoms with Gasteiger partial charge in [0.2, 0.25) is 11.6 Å². The number of allylic oxidation sites excluding steroid dienone is 1. The summed E-state index contributed by atoms with van der Waals surface area (Å²) in [6.45, 7) is 3.93. The van der Waals surface area contributed by atoms with E-state index in [9.17, 15) is 8.78 Å². The molecular formula is C12H14F2O2. The van der Waals surface area contributed by atoms with Crippen LogP contribution in [0.1, 0.15) is 13.8 Å². The second-order valence-corrected chi connectivity index (χ2v) is 3.32. The number of hydrogen-bond acceptors (Lipinski definition) is 2. The summed E-state index contributed by atoms with van der Waals surface area (Å²) in [5.41, 5.74) is 0.940. The van der Waals surface area contributed by atoms with Crippen LogP contribution in [-0.2, 0) is 0 Å². The minimum Gasteiger partial charge on any atom is -0.494 e. The molecule has 0 unspecified atom stereocenters. The highest BCUT2D eigenvalue weighted by atomic mass is 19.2. The molecule has 0 aromatic heterocycles. The number of halogens is 2. The van der Waals surface area contributed by atoms with Crippen molar-refractivity contribution in [1.82, 2.24) is 0 Å². The van der Waals surface area contributed by atoms with Crippen LogP contribution in [0.2, 0.25) is 0 Å². The van der Waals surface area contributed by atoms with Crippen molar-refractivity contribution in [1.29, 1.82) is 0 Å². The average molecular weight is 228 g/mol. The molecule has 0 amide bonds. The summed E-state index contributed by atoms with van der Waals surface area (Å²) in [6, 6.07) is 2.68. The predicted octanol–water partition coefficient (Wildman–Crippen LogP) is 3.32. The van der Waals surface area contributed by atoms with E-state index in [0.717, 1.165) is 5.57 Å². The summed E-state index contributed by atoms with van der Waals surface area (Å²) in [5.74, 6) is -2.30. The van der Waals surface area contributed by atoms with Crippen LogP contribution in [0, 0.1) is 11.6 Å². The number of benzene rings is 1. The van der Waals surface area contributed by atoms with Crippen LogP contribution < -0.4 is 9.47 Å². The van der Waals surface area contributed by atoms with Crippen LogP contribution in [-0.4, -0.2) is 13.7 Å². The fourth-order valence-corrected chi connectivity index (χ4v) is 1.06. The monoisotopic (exact) mass is 228 g/mol. The average Bonchev–Trinajstić information content (AvgIpc) is 2.30. The van der Waals surface area contributed by atoms with Crippen molar-refractivity contribution < 1.29 is 18.3 Å². The molecule has 1 aromatic rings. The summed E-state index contributed by atoms with van der Waals surface area (Å²) < 4.78 is 36.5. The van der Waals surface area contributed by atoms with Gasteiger partial charge in [-0.2, -0.15) is 8.78 Å². The maximum atomic E-state index is 13.4. The van der Waals surface area contributed by atoms with Crippen LogP contribution >= 0.6 is 0 Å². The van der Waals surface area contributed by atoms with Crippen molar-refractivity contribution in [2.75, 3.05) is 13.7 Å². The van der Waals surface area contributed by atoms with E-state index < -0.39 is 11.6 Å². The van der Waals surface area contributed by atoms with Gasteiger partial charge in [0.1, 0.15) is 6.61 Å². The first-order valence-electron chi connectivity index (χ1n) is 4.86. The predicted molar refractivity (Wildman–Crippen MR) is 57.8 cm³/mol. The van der Waals surface area contributed by atoms with Gasteiger partial charge in [0.15, 0.2) is 11.5 Å². The molecule has 1 rings (SSSR count). The molecule has 0 spiro atoms. The number of methoxy groups -OCH3 is 1. The standard InChI is InChI=1S/C12H14F2O2/c1-4-8(2)7-16-10-6-5-9(15-3)11(13)12(10)14/h4-6H,7H2,1-3H3/b8-4+. The van der Waals surface area contributed by atoms with E-state index in [2.05, 4.69) is 4.74 Å². The normalized spacial score (nSPS) is 11.4. The summed E-state index contributed by atoms with van der Waals surface area (Å²) in [6.07, 6.45) is 1.85. The zero-order valence-corrected chi connectivity index (χ0v) is 9.51. The molecule has 0 bridgehead atoms. The van der Waals surface area contributed by atoms with Gasteiger partial charge >= 0.3 is 0 Å². The Hall–Kier alpha value is -1.58. The molecule has 0 saturated heterocycles. The second-order valence-electron chi connectivity index (χ2n) is 3.32. The van der Waals surface area contributed by atoms with E-state index in [1.807, 2.05) is 19.9 Å². The van der Waals surface area contributed by atoms with Crippen molar-refractivity contribution in [3.8, 4) is 11.5 Å². The van der Waals surface area contributed by atoms with Gasteiger partial charge in [0.25, 0.3) is 0 Å². The van der Waals surface area contributed by atoms with Crippen LogP contribution in [0.15, 0.2) is 23.8 Å². The molecule has 0 aliphatic heterocycles. The Morgan fingerprint density at radius 1 is 1.25 bits per heavy atom. The number of rotatable bonds is 4. The molecule has 16 heavy (non-hydrogen) atoms. The summed E-state index contributed by atoms with van der Waals surface area (Å²) in [7, 11) is 1.28. The molecule has 0 saturated carbocycles. The lowest BCUT2D eigenvalue weighted by Crippen LogP contribution is -2.02. The third kappa shape index (κ3) is 2.72. The van der Waals surface area contributed by atoms with Gasteiger partial charge in [0, 0.05) is 0 Å². The van der Waals surface area contributed by atoms with E-state index >= 15 is 0 Å². The first kappa shape index (κ1) is 12.5. The van der Waals surface area contributed by atoms with Crippen molar-refractivity contribution in [2.45, 2.75) is 13.8 Å². The molecular weight excluding hydrogens is 214 g/mol. The molecule has 0 atom stereocenters. The zero-order valence-electron chi connectivity index (χ0n) is 9.51. The molecule has 0 aliphatic carbocycles. The zero-order chi connectivity index (χ0) is 12.1. The van der Waals surface area contributed by atoms with Crippen molar-refractivity contribution in [3.63, 3.8) is 0 Å². The molecule has 0 N–H and O–H groups in total. The Morgan fingerprint density at radius 3 is 2.38 bits per heavy atom. The minimum absolute atomic E-state index is 0.112. The van der Waals surface area contributed by atoms with Crippen molar-refractivity contribution in [2.24, 2.45) is 0 Å². The van der Waals surface area contributed by atoms with Gasteiger partial charge in [-0.15, -0.1) is 0 Å². The molecule has 0 fully saturated rings. The highest BCUT2D eigenvalue weighted by Crippen LogP contribution is 2.27. The van der Waals surface area contributed by atoms with E-state index in [1.54, 1.807) is 0 Å². The summed E-state index contributed by atoms with van der Waals surface area (Å²) in [5, 5.41) is 0. The highest BCUT2D eigenvalue weighted by molar-refractivity contribution is 5.35. The molecule has 2 nitrogen and oxygen atoms in total. The Balaban J connectivity index is 2.86. The molecule has 4 heteroatoms. The van der Waals surface area contributed by atoms with Crippen LogP contribution in [0.25, 0.3) is 0 Å². The Labute approximate surface area is 93.5 Å². The Morgan fingerprint density at radius 2 is 1.81 bits per heavy atom. The minimum atomic E-state index is -1.03. The fraction of sp³-hybridized carbons (Fsp3) is 0.333. The first-order valence-corrected chi connectivity index (χ1v) is 4.86. The maximum absolute atomic E-state index is 13.4. The fourth-order valence-electron chi connectivity index (χ4n) is 1.06. The second kappa shape index (κ2) is 5.49. The number of ether oxygens (including phenoxy) is 2. The van der Waals surface area contributed by atoms with Gasteiger partial charge in [-0.05, 0) is 31.6 Å². The summed E-state index contributed by atoms with van der Waals surface area (Å²) >= 11 is 0. The molecule has 0 heterocycles. The smallest absolute Gasteiger partial charge is 0.204 e. The maximum Gasteiger partial charge on any atom is 0.204 e. The lowest BCUT2D eigenvalue weighted by atomic mass is 10.3. The van der Waals surface area contributed by atoms with Crippen LogP contribution in [0.4, 0.5) is 8.78 Å². The van der Waals surface area contributed by atoms with Gasteiger partial charge in [-0.1, -0.05) is 6.08 Å². The Kier molecular flexibility index (Phi) is 4.28. The molecule has 0 aliphatic rings. The lowest BCUT2D eigenvalue weighted by Gasteiger charge is -2.09. The van der Waals surface area contributed by atoms with Crippen LogP contribution in [0.5, 0.6) is 11.5 Å². The number of hydrogen-bond donors (Lipinski definition) is 0. The van der Waals surface area contributed by atoms with Crippen molar-refractivity contribution in [3.05, 3.63) is 35.4 Å². The van der Waals surface area contributed by atoms with Gasteiger partial charge < -0.3 is 9.47 Å². The SMILES string of the molecule is C/C=C(\C)COc1ccc(OC)c(F)c1F. The lowest BCUT2D eigenvalue weighted by molar-refractivity contribution is 0.314. The highest BCUT2D eigenvalue weighted by Gasteiger charge is 2.14. The molecule has 0 radical (unpaired) electrons. The quantitative estimate of drug-likeness (QED) is 0.736. The molecule has 1 aromatic carbocycles. The van der Waals surface area contributed by atoms with Gasteiger partial charge in [0.05, 0.1) is 7.11 Å².